The molecule has 1 saturated heterocycles. The van der Waals surface area contributed by atoms with Gasteiger partial charge in [-0.3, -0.25) is 9.69 Å². The Bertz CT molecular complexity index is 1380. The number of methoxy groups -OCH3 is 2. The van der Waals surface area contributed by atoms with Crippen molar-refractivity contribution in [2.45, 2.75) is 12.6 Å². The zero-order chi connectivity index (χ0) is 25.1. The van der Waals surface area contributed by atoms with E-state index in [1.54, 1.807) is 31.0 Å². The second-order valence-corrected chi connectivity index (χ2v) is 8.66. The van der Waals surface area contributed by atoms with Crippen LogP contribution >= 0.6 is 0 Å². The van der Waals surface area contributed by atoms with E-state index < -0.39 is 6.04 Å². The summed E-state index contributed by atoms with van der Waals surface area (Å²) in [5, 5.41) is 13.3. The average Bonchev–Trinajstić information content (AvgIpc) is 3.36. The standard InChI is InChI=1S/C25H28FN7O3/c1-35-14-13-33-24(28-29-30-33)23(21-16-17-15-20(36-2)7-8-22(17)27-25(21)34)32-11-9-31(10-12-32)19-5-3-18(26)4-6-19/h3-8,15-16,23H,9-14H2,1-2H3,(H,27,34). The van der Waals surface area contributed by atoms with Crippen molar-refractivity contribution in [3.63, 3.8) is 0 Å². The number of tetrazole rings is 1. The number of H-pyrrole nitrogens is 1. The minimum absolute atomic E-state index is 0.195. The second-order valence-electron chi connectivity index (χ2n) is 8.66. The lowest BCUT2D eigenvalue weighted by Crippen LogP contribution is -2.49. The van der Waals surface area contributed by atoms with Crippen molar-refractivity contribution in [1.82, 2.24) is 30.1 Å². The van der Waals surface area contributed by atoms with Gasteiger partial charge in [0.2, 0.25) is 0 Å². The van der Waals surface area contributed by atoms with Gasteiger partial charge >= 0.3 is 0 Å². The van der Waals surface area contributed by atoms with Crippen molar-refractivity contribution in [3.05, 3.63) is 76.1 Å². The van der Waals surface area contributed by atoms with Gasteiger partial charge in [0.25, 0.3) is 5.56 Å². The Kier molecular flexibility index (Phi) is 6.92. The van der Waals surface area contributed by atoms with Gasteiger partial charge in [-0.1, -0.05) is 0 Å². The summed E-state index contributed by atoms with van der Waals surface area (Å²) >= 11 is 0. The van der Waals surface area contributed by atoms with E-state index in [9.17, 15) is 9.18 Å². The highest BCUT2D eigenvalue weighted by molar-refractivity contribution is 5.80. The third-order valence-corrected chi connectivity index (χ3v) is 6.56. The number of nitrogens with zero attached hydrogens (tertiary/aromatic N) is 6. The monoisotopic (exact) mass is 493 g/mol. The molecule has 5 rings (SSSR count). The first kappa shape index (κ1) is 23.9. The molecule has 1 aliphatic rings. The van der Waals surface area contributed by atoms with Crippen molar-refractivity contribution < 1.29 is 13.9 Å². The fraction of sp³-hybridized carbons (Fsp3) is 0.360. The number of hydrogen-bond donors (Lipinski definition) is 1. The van der Waals surface area contributed by atoms with Crippen LogP contribution in [-0.2, 0) is 11.3 Å². The van der Waals surface area contributed by atoms with E-state index in [4.69, 9.17) is 9.47 Å². The van der Waals surface area contributed by atoms with Crippen LogP contribution in [0.1, 0.15) is 17.4 Å². The van der Waals surface area contributed by atoms with E-state index in [1.165, 1.54) is 12.1 Å². The number of nitrogens with one attached hydrogen (secondary N) is 1. The molecule has 3 heterocycles. The van der Waals surface area contributed by atoms with Crippen molar-refractivity contribution in [2.75, 3.05) is 51.9 Å². The number of fused-ring (bicyclic) bond motifs is 1. The molecule has 0 saturated carbocycles. The maximum absolute atomic E-state index is 13.4. The lowest BCUT2D eigenvalue weighted by atomic mass is 10.0. The van der Waals surface area contributed by atoms with Crippen LogP contribution in [0, 0.1) is 5.82 Å². The quantitative estimate of drug-likeness (QED) is 0.399. The zero-order valence-corrected chi connectivity index (χ0v) is 20.2. The summed E-state index contributed by atoms with van der Waals surface area (Å²) in [7, 11) is 3.23. The van der Waals surface area contributed by atoms with Gasteiger partial charge in [-0.2, -0.15) is 0 Å². The topological polar surface area (TPSA) is 101 Å². The third-order valence-electron chi connectivity index (χ3n) is 6.56. The molecule has 4 aromatic rings. The van der Waals surface area contributed by atoms with Gasteiger partial charge in [-0.15, -0.1) is 5.10 Å². The van der Waals surface area contributed by atoms with Crippen LogP contribution in [0.4, 0.5) is 10.1 Å². The van der Waals surface area contributed by atoms with Gasteiger partial charge in [-0.25, -0.2) is 9.07 Å². The van der Waals surface area contributed by atoms with E-state index in [-0.39, 0.29) is 11.4 Å². The smallest absolute Gasteiger partial charge is 0.253 e. The number of halogens is 1. The number of aromatic amines is 1. The number of benzene rings is 2. The van der Waals surface area contributed by atoms with Crippen LogP contribution in [0.2, 0.25) is 0 Å². The minimum Gasteiger partial charge on any atom is -0.497 e. The third kappa shape index (κ3) is 4.79. The second kappa shape index (κ2) is 10.4. The average molecular weight is 494 g/mol. The number of aromatic nitrogens is 5. The Morgan fingerprint density at radius 2 is 1.83 bits per heavy atom. The van der Waals surface area contributed by atoms with Crippen LogP contribution in [-0.4, -0.2) is 77.1 Å². The largest absolute Gasteiger partial charge is 0.497 e. The van der Waals surface area contributed by atoms with E-state index in [0.717, 1.165) is 16.6 Å². The summed E-state index contributed by atoms with van der Waals surface area (Å²) in [5.41, 5.74) is 2.05. The van der Waals surface area contributed by atoms with Gasteiger partial charge < -0.3 is 19.4 Å². The predicted molar refractivity (Wildman–Crippen MR) is 133 cm³/mol. The molecular formula is C25H28FN7O3. The number of piperazine rings is 1. The fourth-order valence-electron chi connectivity index (χ4n) is 4.67. The minimum atomic E-state index is -0.466. The number of pyridine rings is 1. The summed E-state index contributed by atoms with van der Waals surface area (Å²) < 4.78 is 25.7. The first-order chi connectivity index (χ1) is 17.6. The Morgan fingerprint density at radius 1 is 1.06 bits per heavy atom. The summed E-state index contributed by atoms with van der Waals surface area (Å²) in [4.78, 5) is 20.8. The summed E-state index contributed by atoms with van der Waals surface area (Å²) in [6, 6.07) is 13.5. The van der Waals surface area contributed by atoms with Gasteiger partial charge in [0.15, 0.2) is 5.82 Å². The molecule has 11 heteroatoms. The summed E-state index contributed by atoms with van der Waals surface area (Å²) in [5.74, 6) is 1.03. The van der Waals surface area contributed by atoms with E-state index in [0.29, 0.717) is 56.5 Å². The summed E-state index contributed by atoms with van der Waals surface area (Å²) in [6.45, 7) is 3.64. The normalized spacial score (nSPS) is 15.4. The molecule has 0 radical (unpaired) electrons. The van der Waals surface area contributed by atoms with Crippen molar-refractivity contribution in [2.24, 2.45) is 0 Å². The number of hydrogen-bond acceptors (Lipinski definition) is 8. The van der Waals surface area contributed by atoms with Crippen molar-refractivity contribution >= 4 is 16.6 Å². The van der Waals surface area contributed by atoms with Crippen molar-refractivity contribution in [3.8, 4) is 5.75 Å². The Labute approximate surface area is 207 Å². The molecule has 2 aromatic heterocycles. The Hall–Kier alpha value is -3.83. The molecule has 0 spiro atoms. The molecular weight excluding hydrogens is 465 g/mol. The molecule has 36 heavy (non-hydrogen) atoms. The highest BCUT2D eigenvalue weighted by Gasteiger charge is 2.32. The number of rotatable bonds is 8. The zero-order valence-electron chi connectivity index (χ0n) is 20.2. The maximum atomic E-state index is 13.4. The van der Waals surface area contributed by atoms with Crippen LogP contribution in [0.3, 0.4) is 0 Å². The highest BCUT2D eigenvalue weighted by Crippen LogP contribution is 2.29. The molecule has 0 aliphatic carbocycles. The van der Waals surface area contributed by atoms with Gasteiger partial charge in [-0.05, 0) is 59.0 Å². The molecule has 1 fully saturated rings. The Balaban J connectivity index is 1.52. The molecule has 1 N–H and O–H groups in total. The fourth-order valence-corrected chi connectivity index (χ4v) is 4.67. The van der Waals surface area contributed by atoms with E-state index in [1.807, 2.05) is 24.3 Å². The SMILES string of the molecule is COCCn1nnnc1C(c1cc2cc(OC)ccc2[nH]c1=O)N1CCN(c2ccc(F)cc2)CC1. The van der Waals surface area contributed by atoms with Crippen molar-refractivity contribution in [1.29, 1.82) is 0 Å². The molecule has 188 valence electrons. The van der Waals surface area contributed by atoms with Crippen LogP contribution in [0.25, 0.3) is 10.9 Å². The number of ether oxygens (including phenoxy) is 2. The molecule has 1 unspecified atom stereocenters. The van der Waals surface area contributed by atoms with Gasteiger partial charge in [0, 0.05) is 55.4 Å². The van der Waals surface area contributed by atoms with E-state index in [2.05, 4.69) is 30.3 Å². The lowest BCUT2D eigenvalue weighted by molar-refractivity contribution is 0.171. The molecule has 1 atom stereocenters. The molecule has 1 aliphatic heterocycles. The predicted octanol–water partition coefficient (Wildman–Crippen LogP) is 2.22. The van der Waals surface area contributed by atoms with Crippen LogP contribution in [0.5, 0.6) is 5.75 Å². The highest BCUT2D eigenvalue weighted by atomic mass is 19.1. The molecule has 10 nitrogen and oxygen atoms in total. The van der Waals surface area contributed by atoms with Crippen LogP contribution < -0.4 is 15.2 Å². The lowest BCUT2D eigenvalue weighted by Gasteiger charge is -2.39. The Morgan fingerprint density at radius 3 is 2.56 bits per heavy atom. The first-order valence-corrected chi connectivity index (χ1v) is 11.8. The first-order valence-electron chi connectivity index (χ1n) is 11.8. The number of anilines is 1. The molecule has 0 bridgehead atoms. The van der Waals surface area contributed by atoms with E-state index >= 15 is 0 Å². The molecule has 2 aromatic carbocycles. The van der Waals surface area contributed by atoms with Crippen LogP contribution in [0.15, 0.2) is 53.3 Å². The maximum Gasteiger partial charge on any atom is 0.253 e. The molecule has 0 amide bonds. The van der Waals surface area contributed by atoms with Gasteiger partial charge in [0.05, 0.1) is 20.3 Å². The van der Waals surface area contributed by atoms with Gasteiger partial charge in [0.1, 0.15) is 17.6 Å². The summed E-state index contributed by atoms with van der Waals surface area (Å²) in [6.07, 6.45) is 0.